The number of imide groups is 1. The summed E-state index contributed by atoms with van der Waals surface area (Å²) in [7, 11) is 0. The molecule has 1 fully saturated rings. The van der Waals surface area contributed by atoms with Crippen LogP contribution < -0.4 is 0 Å². The first-order chi connectivity index (χ1) is 7.49. The molecule has 1 atom stereocenters. The van der Waals surface area contributed by atoms with Gasteiger partial charge in [-0.15, -0.1) is 0 Å². The zero-order valence-electron chi connectivity index (χ0n) is 12.1. The fraction of sp³-hybridized carbons (Fsp3) is 0.857. The summed E-state index contributed by atoms with van der Waals surface area (Å²) in [5.74, 6) is 0.0666. The van der Waals surface area contributed by atoms with Gasteiger partial charge < -0.3 is 0 Å². The Kier molecular flexibility index (Phi) is 3.43. The molecule has 1 unspecified atom stereocenters. The van der Waals surface area contributed by atoms with Crippen molar-refractivity contribution in [3.8, 4) is 0 Å². The van der Waals surface area contributed by atoms with Gasteiger partial charge in [0.1, 0.15) is 0 Å². The average molecular weight is 239 g/mol. The van der Waals surface area contributed by atoms with Crippen LogP contribution in [-0.2, 0) is 9.59 Å². The third-order valence-electron chi connectivity index (χ3n) is 4.18. The Hall–Kier alpha value is -0.860. The Morgan fingerprint density at radius 1 is 1.12 bits per heavy atom. The van der Waals surface area contributed by atoms with Gasteiger partial charge in [0, 0.05) is 12.0 Å². The summed E-state index contributed by atoms with van der Waals surface area (Å²) in [6.07, 6.45) is 0.360. The maximum Gasteiger partial charge on any atom is 0.233 e. The van der Waals surface area contributed by atoms with Crippen molar-refractivity contribution < 1.29 is 9.59 Å². The molecule has 3 heteroatoms. The molecule has 1 aliphatic heterocycles. The monoisotopic (exact) mass is 239 g/mol. The number of hydrogen-bond acceptors (Lipinski definition) is 2. The Bertz CT molecular complexity index is 337. The topological polar surface area (TPSA) is 37.4 Å². The highest BCUT2D eigenvalue weighted by Gasteiger charge is 2.50. The molecule has 0 bridgehead atoms. The van der Waals surface area contributed by atoms with Gasteiger partial charge in [-0.1, -0.05) is 34.6 Å². The summed E-state index contributed by atoms with van der Waals surface area (Å²) in [5.41, 5.74) is -0.539. The molecule has 0 N–H and O–H groups in total. The number of carbonyl (C=O) groups excluding carboxylic acids is 2. The Morgan fingerprint density at radius 3 is 1.88 bits per heavy atom. The summed E-state index contributed by atoms with van der Waals surface area (Å²) < 4.78 is 0. The first-order valence-electron chi connectivity index (χ1n) is 6.36. The fourth-order valence-corrected chi connectivity index (χ4v) is 2.17. The minimum absolute atomic E-state index is 0.00111. The maximum absolute atomic E-state index is 12.4. The highest BCUT2D eigenvalue weighted by molar-refractivity contribution is 6.04. The van der Waals surface area contributed by atoms with E-state index >= 15 is 0 Å². The summed E-state index contributed by atoms with van der Waals surface area (Å²) in [4.78, 5) is 26.0. The summed E-state index contributed by atoms with van der Waals surface area (Å²) in [6, 6.07) is 0. The number of carbonyl (C=O) groups is 2. The standard InChI is InChI=1S/C14H25NO2/c1-9(2)14(6,7)15-11(16)8-10(12(15)17)13(3,4)5/h9-10H,8H2,1-7H3. The smallest absolute Gasteiger partial charge is 0.233 e. The van der Waals surface area contributed by atoms with Gasteiger partial charge in [-0.05, 0) is 25.2 Å². The van der Waals surface area contributed by atoms with Gasteiger partial charge >= 0.3 is 0 Å². The zero-order chi connectivity index (χ0) is 13.6. The van der Waals surface area contributed by atoms with Crippen LogP contribution in [0.1, 0.15) is 54.9 Å². The van der Waals surface area contributed by atoms with Crippen molar-refractivity contribution in [3.05, 3.63) is 0 Å². The molecule has 0 saturated carbocycles. The van der Waals surface area contributed by atoms with Crippen LogP contribution in [0.25, 0.3) is 0 Å². The van der Waals surface area contributed by atoms with Gasteiger partial charge in [0.05, 0.1) is 5.92 Å². The number of rotatable bonds is 2. The predicted octanol–water partition coefficient (Wildman–Crippen LogP) is 2.84. The fourth-order valence-electron chi connectivity index (χ4n) is 2.17. The van der Waals surface area contributed by atoms with Crippen molar-refractivity contribution in [1.29, 1.82) is 0 Å². The molecular weight excluding hydrogens is 214 g/mol. The predicted molar refractivity (Wildman–Crippen MR) is 68.3 cm³/mol. The largest absolute Gasteiger partial charge is 0.276 e. The molecule has 2 amide bonds. The van der Waals surface area contributed by atoms with Crippen LogP contribution in [0.15, 0.2) is 0 Å². The number of likely N-dealkylation sites (tertiary alicyclic amines) is 1. The lowest BCUT2D eigenvalue weighted by atomic mass is 9.79. The molecule has 1 saturated heterocycles. The molecule has 0 aromatic rings. The molecule has 17 heavy (non-hydrogen) atoms. The van der Waals surface area contributed by atoms with Crippen LogP contribution in [0.2, 0.25) is 0 Å². The van der Waals surface area contributed by atoms with E-state index < -0.39 is 5.54 Å². The molecule has 1 aliphatic rings. The van der Waals surface area contributed by atoms with Gasteiger partial charge in [-0.2, -0.15) is 0 Å². The molecule has 0 aromatic heterocycles. The number of hydrogen-bond donors (Lipinski definition) is 0. The lowest BCUT2D eigenvalue weighted by molar-refractivity contribution is -0.148. The molecule has 98 valence electrons. The summed E-state index contributed by atoms with van der Waals surface area (Å²) in [5, 5.41) is 0. The maximum atomic E-state index is 12.4. The molecule has 0 aromatic carbocycles. The van der Waals surface area contributed by atoms with E-state index in [0.29, 0.717) is 6.42 Å². The molecule has 0 radical (unpaired) electrons. The Balaban J connectivity index is 3.06. The van der Waals surface area contributed by atoms with Gasteiger partial charge in [0.25, 0.3) is 0 Å². The zero-order valence-corrected chi connectivity index (χ0v) is 12.1. The van der Waals surface area contributed by atoms with E-state index in [4.69, 9.17) is 0 Å². The molecule has 1 heterocycles. The van der Waals surface area contributed by atoms with Crippen LogP contribution >= 0.6 is 0 Å². The minimum atomic E-state index is -0.395. The summed E-state index contributed by atoms with van der Waals surface area (Å²) in [6.45, 7) is 14.1. The molecular formula is C14H25NO2. The Morgan fingerprint density at radius 2 is 1.59 bits per heavy atom. The van der Waals surface area contributed by atoms with Crippen LogP contribution in [-0.4, -0.2) is 22.3 Å². The van der Waals surface area contributed by atoms with Crippen molar-refractivity contribution >= 4 is 11.8 Å². The second kappa shape index (κ2) is 4.11. The van der Waals surface area contributed by atoms with E-state index in [-0.39, 0.29) is 29.1 Å². The SMILES string of the molecule is CC(C)C(C)(C)N1C(=O)CC(C(C)(C)C)C1=O. The number of nitrogens with zero attached hydrogens (tertiary/aromatic N) is 1. The quantitative estimate of drug-likeness (QED) is 0.695. The number of amides is 2. The van der Waals surface area contributed by atoms with Crippen LogP contribution in [0.3, 0.4) is 0 Å². The third kappa shape index (κ3) is 2.38. The molecule has 3 nitrogen and oxygen atoms in total. The minimum Gasteiger partial charge on any atom is -0.276 e. The lowest BCUT2D eigenvalue weighted by Crippen LogP contribution is -2.51. The highest BCUT2D eigenvalue weighted by atomic mass is 16.2. The van der Waals surface area contributed by atoms with E-state index in [1.54, 1.807) is 0 Å². The van der Waals surface area contributed by atoms with Gasteiger partial charge in [-0.3, -0.25) is 14.5 Å². The van der Waals surface area contributed by atoms with Gasteiger partial charge in [-0.25, -0.2) is 0 Å². The molecule has 1 rings (SSSR count). The Labute approximate surface area is 105 Å². The van der Waals surface area contributed by atoms with Gasteiger partial charge in [0.15, 0.2) is 0 Å². The van der Waals surface area contributed by atoms with Crippen LogP contribution in [0, 0.1) is 17.3 Å². The highest BCUT2D eigenvalue weighted by Crippen LogP contribution is 2.39. The summed E-state index contributed by atoms with van der Waals surface area (Å²) >= 11 is 0. The first kappa shape index (κ1) is 14.2. The van der Waals surface area contributed by atoms with E-state index in [1.807, 2.05) is 48.5 Å². The molecule has 0 aliphatic carbocycles. The van der Waals surface area contributed by atoms with Crippen LogP contribution in [0.5, 0.6) is 0 Å². The third-order valence-corrected chi connectivity index (χ3v) is 4.18. The van der Waals surface area contributed by atoms with E-state index in [1.165, 1.54) is 4.90 Å². The van der Waals surface area contributed by atoms with Crippen LogP contribution in [0.4, 0.5) is 0 Å². The normalized spacial score (nSPS) is 22.8. The lowest BCUT2D eigenvalue weighted by Gasteiger charge is -2.38. The van der Waals surface area contributed by atoms with Gasteiger partial charge in [0.2, 0.25) is 11.8 Å². The second-order valence-electron chi connectivity index (χ2n) is 7.00. The van der Waals surface area contributed by atoms with E-state index in [2.05, 4.69) is 0 Å². The van der Waals surface area contributed by atoms with Crippen molar-refractivity contribution in [3.63, 3.8) is 0 Å². The average Bonchev–Trinajstić information content (AvgIpc) is 2.40. The molecule has 0 spiro atoms. The van der Waals surface area contributed by atoms with Crippen molar-refractivity contribution in [2.24, 2.45) is 17.3 Å². The first-order valence-corrected chi connectivity index (χ1v) is 6.36. The van der Waals surface area contributed by atoms with E-state index in [0.717, 1.165) is 0 Å². The van der Waals surface area contributed by atoms with Crippen molar-refractivity contribution in [2.45, 2.75) is 60.4 Å². The second-order valence-corrected chi connectivity index (χ2v) is 7.00. The van der Waals surface area contributed by atoms with E-state index in [9.17, 15) is 9.59 Å². The van der Waals surface area contributed by atoms with Crippen molar-refractivity contribution in [2.75, 3.05) is 0 Å². The van der Waals surface area contributed by atoms with Crippen molar-refractivity contribution in [1.82, 2.24) is 4.90 Å².